The molecule has 0 atom stereocenters. The van der Waals surface area contributed by atoms with Gasteiger partial charge in [-0.15, -0.1) is 0 Å². The predicted molar refractivity (Wildman–Crippen MR) is 81.4 cm³/mol. The number of hydrogen-bond donors (Lipinski definition) is 2. The highest BCUT2D eigenvalue weighted by Gasteiger charge is 2.05. The smallest absolute Gasteiger partial charge is 0.180 e. The van der Waals surface area contributed by atoms with Gasteiger partial charge in [0, 0.05) is 39.2 Å². The lowest BCUT2D eigenvalue weighted by Crippen LogP contribution is -2.09. The molecule has 0 saturated carbocycles. The van der Waals surface area contributed by atoms with Gasteiger partial charge in [0.15, 0.2) is 11.5 Å². The first-order valence-corrected chi connectivity index (χ1v) is 7.18. The summed E-state index contributed by atoms with van der Waals surface area (Å²) < 4.78 is 7.49. The molecule has 2 aromatic rings. The van der Waals surface area contributed by atoms with Crippen molar-refractivity contribution in [2.75, 3.05) is 37.4 Å². The number of ether oxygens (including phenoxy) is 1. The maximum atomic E-state index is 5.54. The number of nitrogens with zero attached hydrogens (tertiary/aromatic N) is 3. The van der Waals surface area contributed by atoms with Gasteiger partial charge in [-0.2, -0.15) is 0 Å². The van der Waals surface area contributed by atoms with Crippen LogP contribution in [0.1, 0.15) is 26.2 Å². The Hall–Kier alpha value is -1.82. The Kier molecular flexibility index (Phi) is 5.61. The molecule has 0 saturated heterocycles. The quantitative estimate of drug-likeness (QED) is 0.689. The fourth-order valence-electron chi connectivity index (χ4n) is 1.90. The molecule has 2 N–H and O–H groups in total. The van der Waals surface area contributed by atoms with Crippen molar-refractivity contribution in [1.82, 2.24) is 14.4 Å². The van der Waals surface area contributed by atoms with Crippen molar-refractivity contribution in [2.24, 2.45) is 0 Å². The highest BCUT2D eigenvalue weighted by molar-refractivity contribution is 5.65. The number of fused-ring (bicyclic) bond motifs is 1. The second kappa shape index (κ2) is 7.69. The molecule has 6 heteroatoms. The first kappa shape index (κ1) is 14.6. The molecule has 2 rings (SSSR count). The van der Waals surface area contributed by atoms with E-state index >= 15 is 0 Å². The minimum absolute atomic E-state index is 0.781. The number of imidazole rings is 1. The highest BCUT2D eigenvalue weighted by atomic mass is 16.5. The van der Waals surface area contributed by atoms with E-state index in [0.717, 1.165) is 49.9 Å². The zero-order valence-electron chi connectivity index (χ0n) is 12.2. The molecule has 0 aliphatic rings. The lowest BCUT2D eigenvalue weighted by molar-refractivity contribution is 0.131. The Morgan fingerprint density at radius 2 is 2.15 bits per heavy atom. The summed E-state index contributed by atoms with van der Waals surface area (Å²) in [5.41, 5.74) is 0.843. The molecule has 0 amide bonds. The van der Waals surface area contributed by atoms with Crippen molar-refractivity contribution < 1.29 is 4.74 Å². The Morgan fingerprint density at radius 3 is 2.95 bits per heavy atom. The number of aromatic nitrogens is 3. The fraction of sp³-hybridized carbons (Fsp3) is 0.571. The van der Waals surface area contributed by atoms with Crippen molar-refractivity contribution in [2.45, 2.75) is 26.2 Å². The summed E-state index contributed by atoms with van der Waals surface area (Å²) >= 11 is 0. The number of rotatable bonds is 9. The van der Waals surface area contributed by atoms with E-state index in [1.165, 1.54) is 6.42 Å². The van der Waals surface area contributed by atoms with Crippen molar-refractivity contribution >= 4 is 17.3 Å². The number of anilines is 2. The molecule has 0 aliphatic heterocycles. The van der Waals surface area contributed by atoms with Crippen molar-refractivity contribution in [3.05, 3.63) is 18.6 Å². The van der Waals surface area contributed by atoms with Crippen LogP contribution in [0.4, 0.5) is 11.6 Å². The van der Waals surface area contributed by atoms with Gasteiger partial charge in [-0.1, -0.05) is 13.3 Å². The number of unbranched alkanes of at least 4 members (excludes halogenated alkanes) is 1. The molecular weight excluding hydrogens is 254 g/mol. The van der Waals surface area contributed by atoms with Crippen molar-refractivity contribution in [1.29, 1.82) is 0 Å². The topological polar surface area (TPSA) is 63.5 Å². The Morgan fingerprint density at radius 1 is 1.30 bits per heavy atom. The highest BCUT2D eigenvalue weighted by Crippen LogP contribution is 2.15. The van der Waals surface area contributed by atoms with Gasteiger partial charge >= 0.3 is 0 Å². The molecule has 2 heterocycles. The van der Waals surface area contributed by atoms with Crippen LogP contribution >= 0.6 is 0 Å². The van der Waals surface area contributed by atoms with E-state index in [9.17, 15) is 0 Å². The van der Waals surface area contributed by atoms with E-state index in [-0.39, 0.29) is 0 Å². The van der Waals surface area contributed by atoms with E-state index in [0.29, 0.717) is 0 Å². The normalized spacial score (nSPS) is 10.9. The molecule has 0 aliphatic carbocycles. The summed E-state index contributed by atoms with van der Waals surface area (Å²) in [5, 5.41) is 6.37. The fourth-order valence-corrected chi connectivity index (χ4v) is 1.90. The summed E-state index contributed by atoms with van der Waals surface area (Å²) in [6, 6.07) is 0. The Balaban J connectivity index is 1.84. The molecule has 0 fully saturated rings. The second-order valence-electron chi connectivity index (χ2n) is 4.63. The van der Waals surface area contributed by atoms with Crippen LogP contribution in [0.2, 0.25) is 0 Å². The van der Waals surface area contributed by atoms with Crippen molar-refractivity contribution in [3.8, 4) is 0 Å². The van der Waals surface area contributed by atoms with Crippen LogP contribution in [-0.2, 0) is 4.74 Å². The van der Waals surface area contributed by atoms with Gasteiger partial charge in [0.2, 0.25) is 0 Å². The van der Waals surface area contributed by atoms with Gasteiger partial charge < -0.3 is 19.8 Å². The SMILES string of the molecule is CCCCOCCCNc1nc(NC)cn2ccnc12. The second-order valence-corrected chi connectivity index (χ2v) is 4.63. The van der Waals surface area contributed by atoms with Crippen LogP contribution in [0, 0.1) is 0 Å². The van der Waals surface area contributed by atoms with Crippen LogP contribution in [0.25, 0.3) is 5.65 Å². The maximum Gasteiger partial charge on any atom is 0.180 e. The van der Waals surface area contributed by atoms with E-state index in [2.05, 4.69) is 27.5 Å². The lowest BCUT2D eigenvalue weighted by Gasteiger charge is -2.09. The number of hydrogen-bond acceptors (Lipinski definition) is 5. The summed E-state index contributed by atoms with van der Waals surface area (Å²) in [4.78, 5) is 8.80. The average molecular weight is 277 g/mol. The number of nitrogens with one attached hydrogen (secondary N) is 2. The van der Waals surface area contributed by atoms with Gasteiger partial charge in [-0.05, 0) is 12.8 Å². The van der Waals surface area contributed by atoms with E-state index in [1.807, 2.05) is 23.8 Å². The first-order chi connectivity index (χ1) is 9.85. The van der Waals surface area contributed by atoms with Crippen LogP contribution in [-0.4, -0.2) is 41.2 Å². The van der Waals surface area contributed by atoms with E-state index < -0.39 is 0 Å². The Labute approximate surface area is 119 Å². The van der Waals surface area contributed by atoms with Crippen LogP contribution in [0.5, 0.6) is 0 Å². The summed E-state index contributed by atoms with van der Waals surface area (Å²) in [5.74, 6) is 1.62. The van der Waals surface area contributed by atoms with Crippen LogP contribution < -0.4 is 10.6 Å². The van der Waals surface area contributed by atoms with Gasteiger partial charge in [-0.3, -0.25) is 0 Å². The third kappa shape index (κ3) is 3.84. The van der Waals surface area contributed by atoms with E-state index in [1.54, 1.807) is 6.20 Å². The van der Waals surface area contributed by atoms with Gasteiger partial charge in [0.25, 0.3) is 0 Å². The predicted octanol–water partition coefficient (Wildman–Crippen LogP) is 2.39. The van der Waals surface area contributed by atoms with Gasteiger partial charge in [-0.25, -0.2) is 9.97 Å². The molecular formula is C14H23N5O. The maximum absolute atomic E-state index is 5.54. The van der Waals surface area contributed by atoms with Crippen LogP contribution in [0.3, 0.4) is 0 Å². The molecule has 0 unspecified atom stereocenters. The molecule has 110 valence electrons. The summed E-state index contributed by atoms with van der Waals surface area (Å²) in [6.45, 7) is 4.63. The molecule has 0 aromatic carbocycles. The minimum Gasteiger partial charge on any atom is -0.381 e. The zero-order chi connectivity index (χ0) is 14.2. The van der Waals surface area contributed by atoms with Crippen LogP contribution in [0.15, 0.2) is 18.6 Å². The summed E-state index contributed by atoms with van der Waals surface area (Å²) in [7, 11) is 1.86. The lowest BCUT2D eigenvalue weighted by atomic mass is 10.3. The molecule has 6 nitrogen and oxygen atoms in total. The van der Waals surface area contributed by atoms with Gasteiger partial charge in [0.05, 0.1) is 6.20 Å². The molecule has 20 heavy (non-hydrogen) atoms. The van der Waals surface area contributed by atoms with Gasteiger partial charge in [0.1, 0.15) is 5.82 Å². The molecule has 0 radical (unpaired) electrons. The first-order valence-electron chi connectivity index (χ1n) is 7.18. The summed E-state index contributed by atoms with van der Waals surface area (Å²) in [6.07, 6.45) is 8.88. The standard InChI is InChI=1S/C14H23N5O/c1-3-4-9-20-10-5-6-16-13-14-17-7-8-19(14)11-12(15-2)18-13/h7-8,11,15H,3-6,9-10H2,1-2H3,(H,16,18). The molecule has 2 aromatic heterocycles. The largest absolute Gasteiger partial charge is 0.381 e. The molecule has 0 spiro atoms. The Bertz CT molecular complexity index is 525. The zero-order valence-corrected chi connectivity index (χ0v) is 12.2. The van der Waals surface area contributed by atoms with E-state index in [4.69, 9.17) is 4.74 Å². The molecule has 0 bridgehead atoms. The average Bonchev–Trinajstić information content (AvgIpc) is 2.94. The minimum atomic E-state index is 0.781. The monoisotopic (exact) mass is 277 g/mol. The third-order valence-electron chi connectivity index (χ3n) is 3.03. The third-order valence-corrected chi connectivity index (χ3v) is 3.03. The van der Waals surface area contributed by atoms with Crippen molar-refractivity contribution in [3.63, 3.8) is 0 Å².